The fourth-order valence-corrected chi connectivity index (χ4v) is 1.87. The van der Waals surface area contributed by atoms with Gasteiger partial charge in [-0.25, -0.2) is 9.48 Å². The highest BCUT2D eigenvalue weighted by Crippen LogP contribution is 2.22. The minimum absolute atomic E-state index is 0.0431. The highest BCUT2D eigenvalue weighted by molar-refractivity contribution is 5.86. The fraction of sp³-hybridized carbons (Fsp3) is 0.250. The molecule has 0 atom stereocenters. The summed E-state index contributed by atoms with van der Waals surface area (Å²) in [6, 6.07) is 5.68. The van der Waals surface area contributed by atoms with E-state index in [1.54, 1.807) is 0 Å². The number of aromatic carboxylic acids is 1. The van der Waals surface area contributed by atoms with Gasteiger partial charge < -0.3 is 5.11 Å². The average molecular weight is 276 g/mol. The summed E-state index contributed by atoms with van der Waals surface area (Å²) < 4.78 is 1.39. The van der Waals surface area contributed by atoms with Crippen molar-refractivity contribution in [1.82, 2.24) is 15.0 Å². The minimum atomic E-state index is -1.15. The van der Waals surface area contributed by atoms with Crippen molar-refractivity contribution >= 4 is 11.7 Å². The quantitative estimate of drug-likeness (QED) is 0.675. The highest BCUT2D eigenvalue weighted by atomic mass is 16.6. The number of hydrogen-bond acceptors (Lipinski definition) is 5. The molecular formula is C12H12N4O4. The number of nitro benzene ring substituents is 1. The first-order valence-electron chi connectivity index (χ1n) is 5.85. The normalized spacial score (nSPS) is 10.8. The second-order valence-corrected chi connectivity index (χ2v) is 4.47. The third-order valence-corrected chi connectivity index (χ3v) is 2.76. The molecule has 2 rings (SSSR count). The van der Waals surface area contributed by atoms with Crippen LogP contribution < -0.4 is 0 Å². The number of non-ortho nitro benzene ring substituents is 1. The third kappa shape index (κ3) is 2.35. The number of nitro groups is 1. The zero-order valence-corrected chi connectivity index (χ0v) is 10.8. The lowest BCUT2D eigenvalue weighted by Gasteiger charge is -2.09. The first-order valence-corrected chi connectivity index (χ1v) is 5.85. The summed E-state index contributed by atoms with van der Waals surface area (Å²) in [4.78, 5) is 21.2. The average Bonchev–Trinajstić information content (AvgIpc) is 2.83. The molecule has 8 heteroatoms. The molecule has 0 amide bonds. The second-order valence-electron chi connectivity index (χ2n) is 4.47. The molecule has 0 radical (unpaired) electrons. The molecule has 0 spiro atoms. The van der Waals surface area contributed by atoms with Gasteiger partial charge in [0.1, 0.15) is 0 Å². The van der Waals surface area contributed by atoms with E-state index in [4.69, 9.17) is 5.11 Å². The van der Waals surface area contributed by atoms with Crippen molar-refractivity contribution in [2.75, 3.05) is 0 Å². The molecule has 2 aromatic rings. The number of nitrogens with zero attached hydrogens (tertiary/aromatic N) is 4. The van der Waals surface area contributed by atoms with E-state index in [-0.39, 0.29) is 17.3 Å². The number of carboxylic acid groups (broad SMARTS) is 1. The molecule has 0 saturated heterocycles. The van der Waals surface area contributed by atoms with Crippen LogP contribution in [-0.4, -0.2) is 31.0 Å². The summed E-state index contributed by atoms with van der Waals surface area (Å²) in [5.74, 6) is -1.26. The molecule has 1 N–H and O–H groups in total. The van der Waals surface area contributed by atoms with Gasteiger partial charge in [-0.2, -0.15) is 0 Å². The Balaban J connectivity index is 2.52. The van der Waals surface area contributed by atoms with Crippen molar-refractivity contribution in [3.63, 3.8) is 0 Å². The molecule has 20 heavy (non-hydrogen) atoms. The molecule has 0 aliphatic heterocycles. The molecule has 8 nitrogen and oxygen atoms in total. The van der Waals surface area contributed by atoms with Gasteiger partial charge in [0.05, 0.1) is 16.3 Å². The maximum Gasteiger partial charge on any atom is 0.358 e. The van der Waals surface area contributed by atoms with E-state index in [0.717, 1.165) is 0 Å². The zero-order valence-electron chi connectivity index (χ0n) is 10.8. The number of hydrogen-bond donors (Lipinski definition) is 1. The van der Waals surface area contributed by atoms with E-state index < -0.39 is 10.9 Å². The summed E-state index contributed by atoms with van der Waals surface area (Å²) in [7, 11) is 0. The monoisotopic (exact) mass is 276 g/mol. The largest absolute Gasteiger partial charge is 0.476 e. The van der Waals surface area contributed by atoms with E-state index in [0.29, 0.717) is 11.4 Å². The van der Waals surface area contributed by atoms with Gasteiger partial charge in [-0.3, -0.25) is 10.1 Å². The van der Waals surface area contributed by atoms with Crippen LogP contribution in [-0.2, 0) is 0 Å². The van der Waals surface area contributed by atoms with E-state index >= 15 is 0 Å². The molecule has 1 aromatic heterocycles. The van der Waals surface area contributed by atoms with Gasteiger partial charge in [0.25, 0.3) is 5.69 Å². The Bertz CT molecular complexity index is 661. The predicted molar refractivity (Wildman–Crippen MR) is 69.1 cm³/mol. The van der Waals surface area contributed by atoms with Crippen LogP contribution in [0.2, 0.25) is 0 Å². The van der Waals surface area contributed by atoms with Gasteiger partial charge in [0.2, 0.25) is 0 Å². The Morgan fingerprint density at radius 1 is 1.35 bits per heavy atom. The first-order chi connectivity index (χ1) is 9.41. The minimum Gasteiger partial charge on any atom is -0.476 e. The molecule has 0 bridgehead atoms. The predicted octanol–water partition coefficient (Wildman–Crippen LogP) is 2.00. The Kier molecular flexibility index (Phi) is 3.47. The maximum absolute atomic E-state index is 11.1. The van der Waals surface area contributed by atoms with Gasteiger partial charge >= 0.3 is 5.97 Å². The summed E-state index contributed by atoms with van der Waals surface area (Å²) in [5.41, 5.74) is 0.822. The summed E-state index contributed by atoms with van der Waals surface area (Å²) in [6.07, 6.45) is 0. The Hall–Kier alpha value is -2.77. The number of benzene rings is 1. The maximum atomic E-state index is 11.1. The Morgan fingerprint density at radius 3 is 2.40 bits per heavy atom. The van der Waals surface area contributed by atoms with Crippen LogP contribution in [0.4, 0.5) is 5.69 Å². The smallest absolute Gasteiger partial charge is 0.358 e. The fourth-order valence-electron chi connectivity index (χ4n) is 1.87. The lowest BCUT2D eigenvalue weighted by Crippen LogP contribution is -2.08. The topological polar surface area (TPSA) is 111 Å². The van der Waals surface area contributed by atoms with Gasteiger partial charge in [-0.05, 0) is 18.1 Å². The van der Waals surface area contributed by atoms with E-state index in [1.807, 2.05) is 13.8 Å². The number of carbonyl (C=O) groups is 1. The van der Waals surface area contributed by atoms with Crippen molar-refractivity contribution in [3.8, 4) is 5.69 Å². The first kappa shape index (κ1) is 13.7. The van der Waals surface area contributed by atoms with Crippen LogP contribution in [0, 0.1) is 10.1 Å². The Labute approximate surface area is 113 Å². The van der Waals surface area contributed by atoms with Crippen molar-refractivity contribution < 1.29 is 14.8 Å². The molecule has 0 unspecified atom stereocenters. The lowest BCUT2D eigenvalue weighted by atomic mass is 10.1. The van der Waals surface area contributed by atoms with E-state index in [2.05, 4.69) is 10.3 Å². The molecule has 0 aliphatic carbocycles. The van der Waals surface area contributed by atoms with E-state index in [1.165, 1.54) is 28.9 Å². The van der Waals surface area contributed by atoms with Crippen molar-refractivity contribution in [2.24, 2.45) is 0 Å². The van der Waals surface area contributed by atoms with Crippen molar-refractivity contribution in [2.45, 2.75) is 19.8 Å². The van der Waals surface area contributed by atoms with E-state index in [9.17, 15) is 14.9 Å². The van der Waals surface area contributed by atoms with Crippen LogP contribution in [0.15, 0.2) is 24.3 Å². The molecule has 1 heterocycles. The summed E-state index contributed by atoms with van der Waals surface area (Å²) in [6.45, 7) is 3.65. The van der Waals surface area contributed by atoms with Crippen LogP contribution in [0.5, 0.6) is 0 Å². The molecular weight excluding hydrogens is 264 g/mol. The SMILES string of the molecule is CC(C)c1c(C(=O)O)nnn1-c1ccc([N+](=O)[O-])cc1. The standard InChI is InChI=1S/C12H12N4O4/c1-7(2)11-10(12(17)18)13-14-15(11)8-3-5-9(6-4-8)16(19)20/h3-7H,1-2H3,(H,17,18). The van der Waals surface area contributed by atoms with Gasteiger partial charge in [-0.15, -0.1) is 5.10 Å². The highest BCUT2D eigenvalue weighted by Gasteiger charge is 2.22. The molecule has 104 valence electrons. The summed E-state index contributed by atoms with van der Waals surface area (Å²) in [5, 5.41) is 27.2. The van der Waals surface area contributed by atoms with Crippen LogP contribution in [0.3, 0.4) is 0 Å². The molecule has 0 saturated carbocycles. The molecule has 0 aliphatic rings. The molecule has 1 aromatic carbocycles. The zero-order chi connectivity index (χ0) is 14.9. The van der Waals surface area contributed by atoms with Crippen LogP contribution in [0.1, 0.15) is 35.9 Å². The van der Waals surface area contributed by atoms with Crippen molar-refractivity contribution in [1.29, 1.82) is 0 Å². The number of carboxylic acids is 1. The second kappa shape index (κ2) is 5.08. The summed E-state index contributed by atoms with van der Waals surface area (Å²) >= 11 is 0. The van der Waals surface area contributed by atoms with Gasteiger partial charge in [0.15, 0.2) is 5.69 Å². The Morgan fingerprint density at radius 2 is 1.95 bits per heavy atom. The van der Waals surface area contributed by atoms with Gasteiger partial charge in [0, 0.05) is 12.1 Å². The van der Waals surface area contributed by atoms with Crippen LogP contribution >= 0.6 is 0 Å². The van der Waals surface area contributed by atoms with Crippen LogP contribution in [0.25, 0.3) is 5.69 Å². The van der Waals surface area contributed by atoms with Gasteiger partial charge in [-0.1, -0.05) is 19.1 Å². The third-order valence-electron chi connectivity index (χ3n) is 2.76. The van der Waals surface area contributed by atoms with Crippen molar-refractivity contribution in [3.05, 3.63) is 45.8 Å². The number of rotatable bonds is 4. The molecule has 0 fully saturated rings. The lowest BCUT2D eigenvalue weighted by molar-refractivity contribution is -0.384. The number of aromatic nitrogens is 3.